The smallest absolute Gasteiger partial charge is 0.402 e. The molecule has 0 aliphatic carbocycles. The fraction of sp³-hybridized carbons (Fsp3) is 0.300. The van der Waals surface area contributed by atoms with Gasteiger partial charge in [-0.2, -0.15) is 10.5 Å². The van der Waals surface area contributed by atoms with Crippen molar-refractivity contribution in [2.24, 2.45) is 0 Å². The first-order valence-electron chi connectivity index (χ1n) is 4.63. The molecule has 1 aromatic heterocycles. The molecule has 0 unspecified atom stereocenters. The highest BCUT2D eigenvalue weighted by atomic mass is 19.4. The maximum absolute atomic E-state index is 12.6. The molecule has 0 fully saturated rings. The standard InChI is InChI=1S/C10H4F5N3O/c11-9(12)6-4-18-7(3-17)8(5(6)1-2-16)19-10(13,14)15/h4,9H,1H2. The van der Waals surface area contributed by atoms with Gasteiger partial charge in [-0.3, -0.25) is 0 Å². The molecule has 1 heterocycles. The quantitative estimate of drug-likeness (QED) is 0.796. The average molecular weight is 277 g/mol. The summed E-state index contributed by atoms with van der Waals surface area (Å²) >= 11 is 0. The van der Waals surface area contributed by atoms with Crippen LogP contribution >= 0.6 is 0 Å². The van der Waals surface area contributed by atoms with E-state index < -0.39 is 41.8 Å². The Kier molecular flexibility index (Phi) is 4.22. The fourth-order valence-electron chi connectivity index (χ4n) is 1.30. The van der Waals surface area contributed by atoms with E-state index in [1.54, 1.807) is 0 Å². The number of nitriles is 2. The van der Waals surface area contributed by atoms with Gasteiger partial charge in [0.2, 0.25) is 0 Å². The molecule has 0 aromatic carbocycles. The zero-order chi connectivity index (χ0) is 14.6. The summed E-state index contributed by atoms with van der Waals surface area (Å²) in [6, 6.07) is 2.73. The van der Waals surface area contributed by atoms with E-state index in [0.29, 0.717) is 6.20 Å². The summed E-state index contributed by atoms with van der Waals surface area (Å²) in [5.74, 6) is -1.16. The zero-order valence-electron chi connectivity index (χ0n) is 9.00. The Morgan fingerprint density at radius 2 is 1.95 bits per heavy atom. The van der Waals surface area contributed by atoms with Crippen molar-refractivity contribution in [3.8, 4) is 17.9 Å². The van der Waals surface area contributed by atoms with Crippen LogP contribution in [0.1, 0.15) is 23.2 Å². The van der Waals surface area contributed by atoms with Crippen LogP contribution < -0.4 is 4.74 Å². The molecule has 1 aromatic rings. The van der Waals surface area contributed by atoms with Crippen LogP contribution in [0.5, 0.6) is 5.75 Å². The number of hydrogen-bond acceptors (Lipinski definition) is 4. The van der Waals surface area contributed by atoms with Crippen LogP contribution in [0, 0.1) is 22.7 Å². The fourth-order valence-corrected chi connectivity index (χ4v) is 1.30. The predicted molar refractivity (Wildman–Crippen MR) is 49.9 cm³/mol. The van der Waals surface area contributed by atoms with Crippen LogP contribution in [0.4, 0.5) is 22.0 Å². The third kappa shape index (κ3) is 3.52. The summed E-state index contributed by atoms with van der Waals surface area (Å²) in [4.78, 5) is 3.17. The van der Waals surface area contributed by atoms with E-state index in [-0.39, 0.29) is 0 Å². The van der Waals surface area contributed by atoms with Gasteiger partial charge in [0.25, 0.3) is 6.43 Å². The lowest BCUT2D eigenvalue weighted by atomic mass is 10.1. The second kappa shape index (κ2) is 5.48. The van der Waals surface area contributed by atoms with Crippen LogP contribution in [0.25, 0.3) is 0 Å². The summed E-state index contributed by atoms with van der Waals surface area (Å²) in [7, 11) is 0. The lowest BCUT2D eigenvalue weighted by molar-refractivity contribution is -0.275. The first-order valence-corrected chi connectivity index (χ1v) is 4.63. The Morgan fingerprint density at radius 3 is 2.37 bits per heavy atom. The number of halogens is 5. The van der Waals surface area contributed by atoms with Gasteiger partial charge < -0.3 is 4.74 Å². The van der Waals surface area contributed by atoms with E-state index in [1.807, 2.05) is 0 Å². The Labute approximate surface area is 103 Å². The number of alkyl halides is 5. The van der Waals surface area contributed by atoms with Crippen molar-refractivity contribution in [2.75, 3.05) is 0 Å². The van der Waals surface area contributed by atoms with Crippen LogP contribution in [-0.2, 0) is 6.42 Å². The van der Waals surface area contributed by atoms with Crippen molar-refractivity contribution in [3.63, 3.8) is 0 Å². The van der Waals surface area contributed by atoms with E-state index in [9.17, 15) is 22.0 Å². The molecule has 0 aliphatic heterocycles. The van der Waals surface area contributed by atoms with E-state index in [4.69, 9.17) is 10.5 Å². The maximum atomic E-state index is 12.6. The van der Waals surface area contributed by atoms with Gasteiger partial charge in [0, 0.05) is 17.3 Å². The number of aromatic nitrogens is 1. The van der Waals surface area contributed by atoms with E-state index in [1.165, 1.54) is 12.1 Å². The molecule has 0 saturated carbocycles. The average Bonchev–Trinajstić information content (AvgIpc) is 2.29. The minimum Gasteiger partial charge on any atom is -0.402 e. The lowest BCUT2D eigenvalue weighted by Crippen LogP contribution is -2.20. The summed E-state index contributed by atoms with van der Waals surface area (Å²) in [5, 5.41) is 17.1. The van der Waals surface area contributed by atoms with Crippen LogP contribution in [0.2, 0.25) is 0 Å². The number of nitrogens with zero attached hydrogens (tertiary/aromatic N) is 3. The van der Waals surface area contributed by atoms with E-state index >= 15 is 0 Å². The molecule has 4 nitrogen and oxygen atoms in total. The molecule has 100 valence electrons. The second-order valence-electron chi connectivity index (χ2n) is 3.17. The van der Waals surface area contributed by atoms with Gasteiger partial charge in [0.15, 0.2) is 11.4 Å². The molecule has 0 bridgehead atoms. The van der Waals surface area contributed by atoms with Gasteiger partial charge in [0.1, 0.15) is 6.07 Å². The molecule has 0 N–H and O–H groups in total. The molecule has 19 heavy (non-hydrogen) atoms. The van der Waals surface area contributed by atoms with Crippen LogP contribution in [0.15, 0.2) is 6.20 Å². The number of rotatable bonds is 3. The largest absolute Gasteiger partial charge is 0.573 e. The monoisotopic (exact) mass is 277 g/mol. The SMILES string of the molecule is N#CCc1c(C(F)F)cnc(C#N)c1OC(F)(F)F. The minimum atomic E-state index is -5.18. The van der Waals surface area contributed by atoms with Gasteiger partial charge in [-0.05, 0) is 0 Å². The number of ether oxygens (including phenoxy) is 1. The van der Waals surface area contributed by atoms with Crippen molar-refractivity contribution < 1.29 is 26.7 Å². The molecule has 0 amide bonds. The summed E-state index contributed by atoms with van der Waals surface area (Å²) < 4.78 is 65.3. The van der Waals surface area contributed by atoms with Crippen LogP contribution in [0.3, 0.4) is 0 Å². The van der Waals surface area contributed by atoms with Gasteiger partial charge in [-0.25, -0.2) is 13.8 Å². The van der Waals surface area contributed by atoms with Crippen molar-refractivity contribution in [2.45, 2.75) is 19.2 Å². The van der Waals surface area contributed by atoms with Crippen LogP contribution in [-0.4, -0.2) is 11.3 Å². The third-order valence-corrected chi connectivity index (χ3v) is 1.98. The normalized spacial score (nSPS) is 10.9. The first kappa shape index (κ1) is 14.6. The van der Waals surface area contributed by atoms with Crippen molar-refractivity contribution in [1.82, 2.24) is 4.98 Å². The van der Waals surface area contributed by atoms with Gasteiger partial charge in [0.05, 0.1) is 12.5 Å². The Morgan fingerprint density at radius 1 is 1.32 bits per heavy atom. The lowest BCUT2D eigenvalue weighted by Gasteiger charge is -2.15. The number of hydrogen-bond donors (Lipinski definition) is 0. The Balaban J connectivity index is 3.50. The summed E-state index contributed by atoms with van der Waals surface area (Å²) in [5.41, 5.74) is -2.38. The Bertz CT molecular complexity index is 556. The van der Waals surface area contributed by atoms with Crippen molar-refractivity contribution >= 4 is 0 Å². The summed E-state index contributed by atoms with van der Waals surface area (Å²) in [6.45, 7) is 0. The molecular formula is C10H4F5N3O. The van der Waals surface area contributed by atoms with Gasteiger partial charge >= 0.3 is 6.36 Å². The third-order valence-electron chi connectivity index (χ3n) is 1.98. The maximum Gasteiger partial charge on any atom is 0.573 e. The molecule has 0 saturated heterocycles. The van der Waals surface area contributed by atoms with Crippen molar-refractivity contribution in [1.29, 1.82) is 10.5 Å². The van der Waals surface area contributed by atoms with E-state index in [0.717, 1.165) is 0 Å². The second-order valence-corrected chi connectivity index (χ2v) is 3.17. The van der Waals surface area contributed by atoms with Gasteiger partial charge in [-0.15, -0.1) is 13.2 Å². The predicted octanol–water partition coefficient (Wildman–Crippen LogP) is 2.86. The molecule has 0 radical (unpaired) electrons. The number of pyridine rings is 1. The highest BCUT2D eigenvalue weighted by molar-refractivity contribution is 5.49. The highest BCUT2D eigenvalue weighted by Crippen LogP contribution is 2.34. The minimum absolute atomic E-state index is 0.555. The molecular weight excluding hydrogens is 273 g/mol. The molecule has 0 aliphatic rings. The summed E-state index contributed by atoms with van der Waals surface area (Å²) in [6.07, 6.45) is -8.53. The Hall–Kier alpha value is -2.42. The molecule has 1 rings (SSSR count). The van der Waals surface area contributed by atoms with E-state index in [2.05, 4.69) is 9.72 Å². The van der Waals surface area contributed by atoms with Gasteiger partial charge in [-0.1, -0.05) is 0 Å². The first-order chi connectivity index (χ1) is 8.80. The molecule has 9 heteroatoms. The van der Waals surface area contributed by atoms with Crippen molar-refractivity contribution in [3.05, 3.63) is 23.0 Å². The highest BCUT2D eigenvalue weighted by Gasteiger charge is 2.35. The molecule has 0 atom stereocenters. The topological polar surface area (TPSA) is 69.7 Å². The molecule has 0 spiro atoms. The zero-order valence-corrected chi connectivity index (χ0v) is 9.00.